The molecule has 1 fully saturated rings. The first kappa shape index (κ1) is 15.2. The Kier molecular flexibility index (Phi) is 5.87. The van der Waals surface area contributed by atoms with Crippen molar-refractivity contribution in [3.8, 4) is 0 Å². The van der Waals surface area contributed by atoms with Crippen molar-refractivity contribution in [3.05, 3.63) is 0 Å². The lowest BCUT2D eigenvalue weighted by Crippen LogP contribution is -2.48. The van der Waals surface area contributed by atoms with Gasteiger partial charge in [0.2, 0.25) is 5.91 Å². The van der Waals surface area contributed by atoms with E-state index in [-0.39, 0.29) is 25.0 Å². The lowest BCUT2D eigenvalue weighted by Gasteiger charge is -2.30. The Morgan fingerprint density at radius 3 is 2.83 bits per heavy atom. The molecule has 2 unspecified atom stereocenters. The summed E-state index contributed by atoms with van der Waals surface area (Å²) in [5.74, 6) is 0.0784. The van der Waals surface area contributed by atoms with Crippen molar-refractivity contribution >= 4 is 5.91 Å². The Morgan fingerprint density at radius 1 is 1.50 bits per heavy atom. The quantitative estimate of drug-likeness (QED) is 0.733. The van der Waals surface area contributed by atoms with Gasteiger partial charge in [0.1, 0.15) is 6.61 Å². The Labute approximate surface area is 104 Å². The third kappa shape index (κ3) is 6.20. The van der Waals surface area contributed by atoms with Gasteiger partial charge in [-0.3, -0.25) is 4.79 Å². The third-order valence-electron chi connectivity index (χ3n) is 2.87. The summed E-state index contributed by atoms with van der Waals surface area (Å²) in [5.41, 5.74) is 0. The van der Waals surface area contributed by atoms with Crippen LogP contribution in [0.3, 0.4) is 0 Å². The summed E-state index contributed by atoms with van der Waals surface area (Å²) in [6.45, 7) is 2.21. The van der Waals surface area contributed by atoms with Crippen molar-refractivity contribution in [1.82, 2.24) is 10.6 Å². The number of amides is 1. The zero-order valence-electron chi connectivity index (χ0n) is 10.3. The number of piperidine rings is 1. The molecule has 1 amide bonds. The Bertz CT molecular complexity index is 272. The van der Waals surface area contributed by atoms with Crippen LogP contribution in [0.5, 0.6) is 0 Å². The minimum Gasteiger partial charge on any atom is -0.372 e. The summed E-state index contributed by atoms with van der Waals surface area (Å²) in [4.78, 5) is 11.5. The molecule has 0 radical (unpaired) electrons. The smallest absolute Gasteiger partial charge is 0.372 e. The minimum absolute atomic E-state index is 0.0350. The van der Waals surface area contributed by atoms with E-state index in [1.165, 1.54) is 0 Å². The van der Waals surface area contributed by atoms with Crippen LogP contribution in [0.2, 0.25) is 0 Å². The van der Waals surface area contributed by atoms with Crippen LogP contribution in [0.25, 0.3) is 0 Å². The van der Waals surface area contributed by atoms with Crippen LogP contribution in [-0.4, -0.2) is 44.4 Å². The molecule has 1 aliphatic rings. The second-order valence-corrected chi connectivity index (χ2v) is 4.56. The highest BCUT2D eigenvalue weighted by Gasteiger charge is 2.27. The number of alkyl halides is 3. The number of hydrogen-bond acceptors (Lipinski definition) is 3. The van der Waals surface area contributed by atoms with Crippen molar-refractivity contribution in [3.63, 3.8) is 0 Å². The molecule has 0 aromatic rings. The van der Waals surface area contributed by atoms with Gasteiger partial charge in [-0.15, -0.1) is 0 Å². The molecule has 1 saturated heterocycles. The molecule has 0 saturated carbocycles. The molecule has 0 aliphatic carbocycles. The zero-order chi connectivity index (χ0) is 13.6. The first-order valence-corrected chi connectivity index (χ1v) is 6.03. The standard InChI is InChI=1S/C11H19F3N2O2/c1-8-6-15-4-2-9(8)16-10(17)3-5-18-7-11(12,13)14/h8-9,15H,2-7H2,1H3,(H,16,17). The Hall–Kier alpha value is -0.820. The van der Waals surface area contributed by atoms with E-state index in [9.17, 15) is 18.0 Å². The summed E-state index contributed by atoms with van der Waals surface area (Å²) in [7, 11) is 0. The summed E-state index contributed by atoms with van der Waals surface area (Å²) < 4.78 is 39.7. The average molecular weight is 268 g/mol. The van der Waals surface area contributed by atoms with Crippen molar-refractivity contribution in [2.75, 3.05) is 26.3 Å². The van der Waals surface area contributed by atoms with E-state index in [1.54, 1.807) is 0 Å². The maximum Gasteiger partial charge on any atom is 0.411 e. The van der Waals surface area contributed by atoms with E-state index in [4.69, 9.17) is 0 Å². The zero-order valence-corrected chi connectivity index (χ0v) is 10.3. The molecule has 1 aliphatic heterocycles. The molecule has 7 heteroatoms. The van der Waals surface area contributed by atoms with E-state index in [0.717, 1.165) is 19.5 Å². The fourth-order valence-corrected chi connectivity index (χ4v) is 1.86. The summed E-state index contributed by atoms with van der Waals surface area (Å²) in [6, 6.07) is 0.0985. The third-order valence-corrected chi connectivity index (χ3v) is 2.87. The normalized spacial score (nSPS) is 24.9. The van der Waals surface area contributed by atoms with Crippen molar-refractivity contribution < 1.29 is 22.7 Å². The molecule has 0 aromatic carbocycles. The number of rotatable bonds is 5. The number of carbonyl (C=O) groups excluding carboxylic acids is 1. The summed E-state index contributed by atoms with van der Waals surface area (Å²) >= 11 is 0. The van der Waals surface area contributed by atoms with Crippen molar-refractivity contribution in [2.45, 2.75) is 32.0 Å². The van der Waals surface area contributed by atoms with Crippen LogP contribution in [0.15, 0.2) is 0 Å². The number of hydrogen-bond donors (Lipinski definition) is 2. The fraction of sp³-hybridized carbons (Fsp3) is 0.909. The highest BCUT2D eigenvalue weighted by Crippen LogP contribution is 2.14. The lowest BCUT2D eigenvalue weighted by molar-refractivity contribution is -0.174. The molecule has 2 N–H and O–H groups in total. The van der Waals surface area contributed by atoms with Crippen LogP contribution in [0.4, 0.5) is 13.2 Å². The van der Waals surface area contributed by atoms with E-state index in [2.05, 4.69) is 15.4 Å². The first-order valence-electron chi connectivity index (χ1n) is 6.03. The lowest BCUT2D eigenvalue weighted by atomic mass is 9.95. The average Bonchev–Trinajstić information content (AvgIpc) is 2.26. The van der Waals surface area contributed by atoms with Gasteiger partial charge in [0.15, 0.2) is 0 Å². The Balaban J connectivity index is 2.13. The molecule has 1 rings (SSSR count). The summed E-state index contributed by atoms with van der Waals surface area (Å²) in [6.07, 6.45) is -3.52. The van der Waals surface area contributed by atoms with Crippen molar-refractivity contribution in [1.29, 1.82) is 0 Å². The maximum atomic E-state index is 11.8. The molecule has 18 heavy (non-hydrogen) atoms. The van der Waals surface area contributed by atoms with Crippen LogP contribution in [-0.2, 0) is 9.53 Å². The van der Waals surface area contributed by atoms with Gasteiger partial charge < -0.3 is 15.4 Å². The molecule has 2 atom stereocenters. The van der Waals surface area contributed by atoms with Gasteiger partial charge in [0.05, 0.1) is 6.61 Å². The maximum absolute atomic E-state index is 11.8. The molecule has 1 heterocycles. The molecule has 0 spiro atoms. The number of nitrogens with one attached hydrogen (secondary N) is 2. The van der Waals surface area contributed by atoms with Gasteiger partial charge in [-0.25, -0.2) is 0 Å². The number of carbonyl (C=O) groups is 1. The largest absolute Gasteiger partial charge is 0.411 e. The second-order valence-electron chi connectivity index (χ2n) is 4.56. The monoisotopic (exact) mass is 268 g/mol. The van der Waals surface area contributed by atoms with Gasteiger partial charge in [0, 0.05) is 12.5 Å². The van der Waals surface area contributed by atoms with E-state index < -0.39 is 12.8 Å². The van der Waals surface area contributed by atoms with Gasteiger partial charge in [-0.05, 0) is 25.4 Å². The first-order chi connectivity index (χ1) is 8.38. The number of ether oxygens (including phenoxy) is 1. The van der Waals surface area contributed by atoms with E-state index in [1.807, 2.05) is 6.92 Å². The molecule has 106 valence electrons. The van der Waals surface area contributed by atoms with Gasteiger partial charge in [-0.2, -0.15) is 13.2 Å². The van der Waals surface area contributed by atoms with Gasteiger partial charge >= 0.3 is 6.18 Å². The molecular formula is C11H19F3N2O2. The SMILES string of the molecule is CC1CNCCC1NC(=O)CCOCC(F)(F)F. The van der Waals surface area contributed by atoms with Gasteiger partial charge in [-0.1, -0.05) is 6.92 Å². The van der Waals surface area contributed by atoms with E-state index >= 15 is 0 Å². The molecule has 0 bridgehead atoms. The van der Waals surface area contributed by atoms with Crippen molar-refractivity contribution in [2.24, 2.45) is 5.92 Å². The highest BCUT2D eigenvalue weighted by molar-refractivity contribution is 5.76. The number of halogens is 3. The summed E-state index contributed by atoms with van der Waals surface area (Å²) in [5, 5.41) is 6.03. The fourth-order valence-electron chi connectivity index (χ4n) is 1.86. The molecular weight excluding hydrogens is 249 g/mol. The van der Waals surface area contributed by atoms with Crippen LogP contribution >= 0.6 is 0 Å². The molecule has 0 aromatic heterocycles. The van der Waals surface area contributed by atoms with Gasteiger partial charge in [0.25, 0.3) is 0 Å². The van der Waals surface area contributed by atoms with Crippen LogP contribution in [0, 0.1) is 5.92 Å². The van der Waals surface area contributed by atoms with Crippen LogP contribution in [0.1, 0.15) is 19.8 Å². The topological polar surface area (TPSA) is 50.4 Å². The van der Waals surface area contributed by atoms with E-state index in [0.29, 0.717) is 5.92 Å². The highest BCUT2D eigenvalue weighted by atomic mass is 19.4. The minimum atomic E-state index is -4.33. The molecule has 4 nitrogen and oxygen atoms in total. The Morgan fingerprint density at radius 2 is 2.22 bits per heavy atom. The van der Waals surface area contributed by atoms with Crippen LogP contribution < -0.4 is 10.6 Å². The predicted octanol–water partition coefficient (Wildman–Crippen LogP) is 1.07. The second kappa shape index (κ2) is 6.94. The predicted molar refractivity (Wildman–Crippen MR) is 60.1 cm³/mol.